The third-order valence-corrected chi connectivity index (χ3v) is 2.89. The maximum atomic E-state index is 11.9. The average Bonchev–Trinajstić information content (AvgIpc) is 2.23. The molecule has 0 aliphatic rings. The van der Waals surface area contributed by atoms with E-state index in [1.165, 1.54) is 0 Å². The first-order valence-corrected chi connectivity index (χ1v) is 5.38. The molecule has 2 nitrogen and oxygen atoms in total. The average molecular weight is 279 g/mol. The van der Waals surface area contributed by atoms with Gasteiger partial charge in [0.25, 0.3) is 0 Å². The molecule has 1 heterocycles. The maximum absolute atomic E-state index is 11.9. The number of nitrogens with zero attached hydrogens (tertiary/aromatic N) is 1. The largest absolute Gasteiger partial charge is 0.350 e. The Morgan fingerprint density at radius 1 is 1.38 bits per heavy atom. The van der Waals surface area contributed by atoms with E-state index in [1.807, 2.05) is 11.6 Å². The van der Waals surface area contributed by atoms with E-state index in [-0.39, 0.29) is 23.7 Å². The maximum Gasteiger partial charge on any atom is 0.193 e. The van der Waals surface area contributed by atoms with Crippen LogP contribution in [0.15, 0.2) is 29.2 Å². The van der Waals surface area contributed by atoms with Crippen molar-refractivity contribution in [1.82, 2.24) is 4.57 Å². The summed E-state index contributed by atoms with van der Waals surface area (Å²) in [4.78, 5) is 11.9. The minimum atomic E-state index is -0.0187. The molecular weight excluding hydrogens is 268 g/mol. The molecule has 16 heavy (non-hydrogen) atoms. The Hall–Kier alpha value is -0.700. The Labute approximate surface area is 109 Å². The first-order chi connectivity index (χ1) is 7.13. The highest BCUT2D eigenvalue weighted by Gasteiger charge is 2.06. The number of hydrogen-bond donors (Lipinski definition) is 0. The highest BCUT2D eigenvalue weighted by Crippen LogP contribution is 2.17. The van der Waals surface area contributed by atoms with Crippen LogP contribution in [0.2, 0.25) is 5.02 Å². The van der Waals surface area contributed by atoms with E-state index in [1.54, 1.807) is 24.4 Å². The van der Waals surface area contributed by atoms with Gasteiger partial charge in [0.15, 0.2) is 5.43 Å². The molecule has 1 aromatic heterocycles. The molecule has 0 amide bonds. The second-order valence-electron chi connectivity index (χ2n) is 3.39. The zero-order chi connectivity index (χ0) is 11.0. The minimum absolute atomic E-state index is 0. The normalized spacial score (nSPS) is 10.2. The topological polar surface area (TPSA) is 22.0 Å². The molecule has 0 bridgehead atoms. The molecule has 86 valence electrons. The second kappa shape index (κ2) is 5.09. The number of alkyl halides is 1. The molecule has 1 aromatic carbocycles. The quantitative estimate of drug-likeness (QED) is 0.733. The summed E-state index contributed by atoms with van der Waals surface area (Å²) in [6.45, 7) is 0. The molecule has 0 saturated carbocycles. The Morgan fingerprint density at radius 3 is 2.69 bits per heavy atom. The van der Waals surface area contributed by atoms with Gasteiger partial charge in [-0.3, -0.25) is 4.79 Å². The molecule has 0 aliphatic heterocycles. The van der Waals surface area contributed by atoms with Crippen LogP contribution < -0.4 is 5.43 Å². The molecule has 0 radical (unpaired) electrons. The first kappa shape index (κ1) is 13.4. The molecule has 0 fully saturated rings. The predicted octanol–water partition coefficient (Wildman–Crippen LogP) is 3.35. The lowest BCUT2D eigenvalue weighted by Crippen LogP contribution is -2.11. The third kappa shape index (κ3) is 2.19. The van der Waals surface area contributed by atoms with Crippen LogP contribution in [0.3, 0.4) is 0 Å². The monoisotopic (exact) mass is 277 g/mol. The Balaban J connectivity index is 0.00000128. The fourth-order valence-corrected chi connectivity index (χ4v) is 1.98. The van der Waals surface area contributed by atoms with Crippen molar-refractivity contribution >= 4 is 46.5 Å². The van der Waals surface area contributed by atoms with Crippen LogP contribution in [0.25, 0.3) is 10.9 Å². The standard InChI is InChI=1S/C11H9Cl2NO.ClH/c1-14-6-7(5-12)11(15)9-3-2-8(13)4-10(9)14;/h2-4,6H,5H2,1H3;1H. The molecule has 0 unspecified atom stereocenters. The van der Waals surface area contributed by atoms with Gasteiger partial charge in [-0.1, -0.05) is 11.6 Å². The number of pyridine rings is 1. The van der Waals surface area contributed by atoms with Gasteiger partial charge in [-0.15, -0.1) is 24.0 Å². The summed E-state index contributed by atoms with van der Waals surface area (Å²) < 4.78 is 1.86. The lowest BCUT2D eigenvalue weighted by Gasteiger charge is -2.07. The number of hydrogen-bond acceptors (Lipinski definition) is 1. The zero-order valence-electron chi connectivity index (χ0n) is 8.54. The van der Waals surface area contributed by atoms with Crippen molar-refractivity contribution < 1.29 is 0 Å². The smallest absolute Gasteiger partial charge is 0.193 e. The van der Waals surface area contributed by atoms with E-state index in [0.29, 0.717) is 16.0 Å². The van der Waals surface area contributed by atoms with Gasteiger partial charge in [0.2, 0.25) is 0 Å². The van der Waals surface area contributed by atoms with Gasteiger partial charge in [0.05, 0.1) is 11.4 Å². The van der Waals surface area contributed by atoms with Crippen LogP contribution in [-0.4, -0.2) is 4.57 Å². The summed E-state index contributed by atoms with van der Waals surface area (Å²) in [5, 5.41) is 1.27. The van der Waals surface area contributed by atoms with Crippen molar-refractivity contribution in [2.45, 2.75) is 5.88 Å². The van der Waals surface area contributed by atoms with Crippen LogP contribution in [0.5, 0.6) is 0 Å². The van der Waals surface area contributed by atoms with E-state index < -0.39 is 0 Å². The van der Waals surface area contributed by atoms with Crippen molar-refractivity contribution in [2.75, 3.05) is 0 Å². The fourth-order valence-electron chi connectivity index (χ4n) is 1.62. The fraction of sp³-hybridized carbons (Fsp3) is 0.182. The van der Waals surface area contributed by atoms with Gasteiger partial charge in [-0.2, -0.15) is 0 Å². The van der Waals surface area contributed by atoms with E-state index in [9.17, 15) is 4.79 Å². The lowest BCUT2D eigenvalue weighted by atomic mass is 10.1. The van der Waals surface area contributed by atoms with Gasteiger partial charge in [-0.05, 0) is 18.2 Å². The third-order valence-electron chi connectivity index (χ3n) is 2.37. The van der Waals surface area contributed by atoms with Crippen LogP contribution in [0, 0.1) is 0 Å². The van der Waals surface area contributed by atoms with E-state index in [4.69, 9.17) is 23.2 Å². The molecule has 2 rings (SSSR count). The van der Waals surface area contributed by atoms with Gasteiger partial charge >= 0.3 is 0 Å². The van der Waals surface area contributed by atoms with Crippen molar-refractivity contribution in [1.29, 1.82) is 0 Å². The minimum Gasteiger partial charge on any atom is -0.350 e. The Bertz CT molecular complexity index is 577. The van der Waals surface area contributed by atoms with Crippen LogP contribution in [0.4, 0.5) is 0 Å². The summed E-state index contributed by atoms with van der Waals surface area (Å²) in [5.41, 5.74) is 1.41. The Morgan fingerprint density at radius 2 is 2.06 bits per heavy atom. The summed E-state index contributed by atoms with van der Waals surface area (Å²) in [6.07, 6.45) is 1.74. The Kier molecular flexibility index (Phi) is 4.25. The SMILES string of the molecule is Cl.Cn1cc(CCl)c(=O)c2ccc(Cl)cc21. The number of benzene rings is 1. The van der Waals surface area contributed by atoms with Gasteiger partial charge in [0.1, 0.15) is 0 Å². The molecular formula is C11H10Cl3NO. The highest BCUT2D eigenvalue weighted by molar-refractivity contribution is 6.31. The molecule has 0 saturated heterocycles. The molecule has 0 atom stereocenters. The number of rotatable bonds is 1. The van der Waals surface area contributed by atoms with E-state index in [0.717, 1.165) is 5.52 Å². The van der Waals surface area contributed by atoms with Crippen molar-refractivity contribution in [3.8, 4) is 0 Å². The number of aromatic nitrogens is 1. The second-order valence-corrected chi connectivity index (χ2v) is 4.09. The molecule has 5 heteroatoms. The molecule has 2 aromatic rings. The zero-order valence-corrected chi connectivity index (χ0v) is 10.9. The summed E-state index contributed by atoms with van der Waals surface area (Å²) >= 11 is 11.6. The summed E-state index contributed by atoms with van der Waals surface area (Å²) in [5.74, 6) is 0.227. The lowest BCUT2D eigenvalue weighted by molar-refractivity contribution is 0.936. The number of aryl methyl sites for hydroxylation is 1. The van der Waals surface area contributed by atoms with E-state index >= 15 is 0 Å². The van der Waals surface area contributed by atoms with Crippen molar-refractivity contribution in [3.63, 3.8) is 0 Å². The first-order valence-electron chi connectivity index (χ1n) is 4.47. The van der Waals surface area contributed by atoms with Crippen LogP contribution in [0.1, 0.15) is 5.56 Å². The van der Waals surface area contributed by atoms with E-state index in [2.05, 4.69) is 0 Å². The summed E-state index contributed by atoms with van der Waals surface area (Å²) in [6, 6.07) is 5.22. The van der Waals surface area contributed by atoms with Gasteiger partial charge < -0.3 is 4.57 Å². The highest BCUT2D eigenvalue weighted by atomic mass is 35.5. The number of fused-ring (bicyclic) bond motifs is 1. The molecule has 0 N–H and O–H groups in total. The van der Waals surface area contributed by atoms with Crippen LogP contribution >= 0.6 is 35.6 Å². The van der Waals surface area contributed by atoms with Crippen molar-refractivity contribution in [3.05, 3.63) is 45.2 Å². The van der Waals surface area contributed by atoms with Gasteiger partial charge in [-0.25, -0.2) is 0 Å². The van der Waals surface area contributed by atoms with Crippen LogP contribution in [-0.2, 0) is 12.9 Å². The molecule has 0 aliphatic carbocycles. The summed E-state index contributed by atoms with van der Waals surface area (Å²) in [7, 11) is 1.87. The number of halogens is 3. The molecule has 0 spiro atoms. The van der Waals surface area contributed by atoms with Crippen molar-refractivity contribution in [2.24, 2.45) is 7.05 Å². The predicted molar refractivity (Wildman–Crippen MR) is 71.0 cm³/mol. The van der Waals surface area contributed by atoms with Gasteiger partial charge in [0, 0.05) is 29.2 Å².